The third-order valence-electron chi connectivity index (χ3n) is 3.58. The van der Waals surface area contributed by atoms with Gasteiger partial charge in [0.2, 0.25) is 5.91 Å². The average Bonchev–Trinajstić information content (AvgIpc) is 2.42. The summed E-state index contributed by atoms with van der Waals surface area (Å²) in [6.45, 7) is 12.5. The van der Waals surface area contributed by atoms with Gasteiger partial charge in [0.25, 0.3) is 0 Å². The molecule has 0 heterocycles. The second-order valence-corrected chi connectivity index (χ2v) is 6.39. The highest BCUT2D eigenvalue weighted by molar-refractivity contribution is 5.93. The van der Waals surface area contributed by atoms with Crippen LogP contribution in [0.2, 0.25) is 0 Å². The van der Waals surface area contributed by atoms with Gasteiger partial charge >= 0.3 is 6.03 Å². The molecule has 5 heteroatoms. The van der Waals surface area contributed by atoms with E-state index < -0.39 is 0 Å². The molecule has 3 amide bonds. The molecule has 0 aromatic heterocycles. The molecule has 0 unspecified atom stereocenters. The lowest BCUT2D eigenvalue weighted by atomic mass is 9.97. The number of anilines is 1. The summed E-state index contributed by atoms with van der Waals surface area (Å²) in [5.74, 6) is 0.302. The monoisotopic (exact) mass is 319 g/mol. The van der Waals surface area contributed by atoms with E-state index in [-0.39, 0.29) is 18.0 Å². The second kappa shape index (κ2) is 8.56. The smallest absolute Gasteiger partial charge is 0.315 e. The van der Waals surface area contributed by atoms with Crippen LogP contribution in [-0.2, 0) is 4.79 Å². The summed E-state index contributed by atoms with van der Waals surface area (Å²) in [5, 5.41) is 5.57. The molecule has 0 aliphatic rings. The van der Waals surface area contributed by atoms with Gasteiger partial charge in [-0.15, -0.1) is 0 Å². The number of hydrogen-bond donors (Lipinski definition) is 2. The normalized spacial score (nSPS) is 10.8. The van der Waals surface area contributed by atoms with Crippen molar-refractivity contribution in [2.45, 2.75) is 53.5 Å². The van der Waals surface area contributed by atoms with Crippen LogP contribution in [0.15, 0.2) is 18.2 Å². The number of benzene rings is 1. The first-order chi connectivity index (χ1) is 10.7. The quantitative estimate of drug-likeness (QED) is 0.846. The van der Waals surface area contributed by atoms with Gasteiger partial charge in [0.1, 0.15) is 0 Å². The van der Waals surface area contributed by atoms with Crippen LogP contribution in [0, 0.1) is 6.92 Å². The van der Waals surface area contributed by atoms with Crippen LogP contribution in [-0.4, -0.2) is 31.1 Å². The zero-order valence-electron chi connectivity index (χ0n) is 15.1. The number of carbonyl (C=O) groups excluding carboxylic acids is 2. The van der Waals surface area contributed by atoms with Crippen LogP contribution < -0.4 is 15.5 Å². The van der Waals surface area contributed by atoms with Gasteiger partial charge in [-0.25, -0.2) is 4.79 Å². The van der Waals surface area contributed by atoms with E-state index in [1.165, 1.54) is 0 Å². The molecule has 1 aromatic rings. The van der Waals surface area contributed by atoms with Crippen LogP contribution in [0.4, 0.5) is 10.5 Å². The molecule has 0 spiro atoms. The van der Waals surface area contributed by atoms with E-state index in [9.17, 15) is 9.59 Å². The Bertz CT molecular complexity index is 553. The minimum atomic E-state index is -0.211. The summed E-state index contributed by atoms with van der Waals surface area (Å²) < 4.78 is 0. The Labute approximate surface area is 139 Å². The number of urea groups is 1. The van der Waals surface area contributed by atoms with E-state index in [1.807, 2.05) is 32.9 Å². The van der Waals surface area contributed by atoms with Crippen molar-refractivity contribution in [2.75, 3.05) is 18.0 Å². The van der Waals surface area contributed by atoms with Crippen LogP contribution in [0.3, 0.4) is 0 Å². The molecule has 1 rings (SSSR count). The SMILES string of the molecule is CC(=O)N(CCNC(=O)NC(C)C)c1c(C)cccc1C(C)C. The molecule has 1 aromatic carbocycles. The minimum Gasteiger partial charge on any atom is -0.336 e. The van der Waals surface area contributed by atoms with Gasteiger partial charge in [0, 0.05) is 26.1 Å². The van der Waals surface area contributed by atoms with Gasteiger partial charge in [0.15, 0.2) is 0 Å². The molecule has 0 saturated heterocycles. The maximum Gasteiger partial charge on any atom is 0.315 e. The molecule has 0 atom stereocenters. The van der Waals surface area contributed by atoms with Crippen molar-refractivity contribution in [1.29, 1.82) is 0 Å². The average molecular weight is 319 g/mol. The van der Waals surface area contributed by atoms with Gasteiger partial charge in [-0.3, -0.25) is 4.79 Å². The molecule has 5 nitrogen and oxygen atoms in total. The van der Waals surface area contributed by atoms with Crippen molar-refractivity contribution >= 4 is 17.6 Å². The van der Waals surface area contributed by atoms with Gasteiger partial charge in [0.05, 0.1) is 5.69 Å². The zero-order valence-corrected chi connectivity index (χ0v) is 15.1. The first kappa shape index (κ1) is 19.0. The lowest BCUT2D eigenvalue weighted by Gasteiger charge is -2.27. The molecular formula is C18H29N3O2. The molecule has 0 bridgehead atoms. The number of para-hydroxylation sites is 1. The molecule has 0 saturated carbocycles. The predicted molar refractivity (Wildman–Crippen MR) is 95.0 cm³/mol. The maximum atomic E-state index is 12.1. The highest BCUT2D eigenvalue weighted by atomic mass is 16.2. The van der Waals surface area contributed by atoms with E-state index in [1.54, 1.807) is 11.8 Å². The fraction of sp³-hybridized carbons (Fsp3) is 0.556. The fourth-order valence-electron chi connectivity index (χ4n) is 2.54. The number of hydrogen-bond acceptors (Lipinski definition) is 2. The van der Waals surface area contributed by atoms with E-state index >= 15 is 0 Å². The van der Waals surface area contributed by atoms with Crippen molar-refractivity contribution < 1.29 is 9.59 Å². The van der Waals surface area contributed by atoms with Crippen molar-refractivity contribution in [3.05, 3.63) is 29.3 Å². The number of nitrogens with zero attached hydrogens (tertiary/aromatic N) is 1. The van der Waals surface area contributed by atoms with Gasteiger partial charge < -0.3 is 15.5 Å². The molecule has 0 aliphatic heterocycles. The summed E-state index contributed by atoms with van der Waals surface area (Å²) in [5.41, 5.74) is 3.17. The topological polar surface area (TPSA) is 61.4 Å². The zero-order chi connectivity index (χ0) is 17.6. The summed E-state index contributed by atoms with van der Waals surface area (Å²) in [7, 11) is 0. The van der Waals surface area contributed by atoms with Crippen LogP contribution >= 0.6 is 0 Å². The van der Waals surface area contributed by atoms with Crippen LogP contribution in [0.5, 0.6) is 0 Å². The molecule has 2 N–H and O–H groups in total. The third kappa shape index (κ3) is 5.58. The highest BCUT2D eigenvalue weighted by Gasteiger charge is 2.19. The van der Waals surface area contributed by atoms with Crippen molar-refractivity contribution in [3.8, 4) is 0 Å². The Balaban J connectivity index is 2.88. The Morgan fingerprint density at radius 2 is 1.83 bits per heavy atom. The van der Waals surface area contributed by atoms with Gasteiger partial charge in [-0.1, -0.05) is 32.0 Å². The Morgan fingerprint density at radius 3 is 2.35 bits per heavy atom. The maximum absolute atomic E-state index is 12.1. The van der Waals surface area contributed by atoms with E-state index in [0.717, 1.165) is 16.8 Å². The molecule has 128 valence electrons. The number of rotatable bonds is 6. The van der Waals surface area contributed by atoms with Crippen LogP contribution in [0.25, 0.3) is 0 Å². The number of amides is 3. The molecule has 0 fully saturated rings. The third-order valence-corrected chi connectivity index (χ3v) is 3.58. The number of carbonyl (C=O) groups is 2. The summed E-state index contributed by atoms with van der Waals surface area (Å²) in [4.78, 5) is 25.5. The minimum absolute atomic E-state index is 0.0210. The van der Waals surface area contributed by atoms with Crippen molar-refractivity contribution in [1.82, 2.24) is 10.6 Å². The molecule has 23 heavy (non-hydrogen) atoms. The Morgan fingerprint density at radius 1 is 1.17 bits per heavy atom. The lowest BCUT2D eigenvalue weighted by Crippen LogP contribution is -2.44. The first-order valence-corrected chi connectivity index (χ1v) is 8.16. The highest BCUT2D eigenvalue weighted by Crippen LogP contribution is 2.30. The molecule has 0 aliphatic carbocycles. The Hall–Kier alpha value is -2.04. The lowest BCUT2D eigenvalue weighted by molar-refractivity contribution is -0.116. The van der Waals surface area contributed by atoms with Crippen molar-refractivity contribution in [2.24, 2.45) is 0 Å². The second-order valence-electron chi connectivity index (χ2n) is 6.39. The molecule has 0 radical (unpaired) electrons. The standard InChI is InChI=1S/C18H29N3O2/c1-12(2)16-9-7-8-14(5)17(16)21(15(6)22)11-10-19-18(23)20-13(3)4/h7-9,12-13H,10-11H2,1-6H3,(H2,19,20,23). The fourth-order valence-corrected chi connectivity index (χ4v) is 2.54. The van der Waals surface area contributed by atoms with E-state index in [2.05, 4.69) is 30.5 Å². The predicted octanol–water partition coefficient (Wildman–Crippen LogP) is 3.18. The van der Waals surface area contributed by atoms with E-state index in [4.69, 9.17) is 0 Å². The van der Waals surface area contributed by atoms with Gasteiger partial charge in [-0.05, 0) is 37.8 Å². The van der Waals surface area contributed by atoms with Crippen molar-refractivity contribution in [3.63, 3.8) is 0 Å². The van der Waals surface area contributed by atoms with Gasteiger partial charge in [-0.2, -0.15) is 0 Å². The summed E-state index contributed by atoms with van der Waals surface area (Å²) in [6.07, 6.45) is 0. The first-order valence-electron chi connectivity index (χ1n) is 8.16. The molecular weight excluding hydrogens is 290 g/mol. The summed E-state index contributed by atoms with van der Waals surface area (Å²) in [6, 6.07) is 5.96. The summed E-state index contributed by atoms with van der Waals surface area (Å²) >= 11 is 0. The van der Waals surface area contributed by atoms with Crippen LogP contribution in [0.1, 0.15) is 51.7 Å². The number of nitrogens with one attached hydrogen (secondary N) is 2. The Kier molecular flexibility index (Phi) is 7.07. The number of aryl methyl sites for hydroxylation is 1. The van der Waals surface area contributed by atoms with E-state index in [0.29, 0.717) is 19.0 Å². The largest absolute Gasteiger partial charge is 0.336 e.